The fraction of sp³-hybridized carbons (Fsp3) is 0.923. The molecule has 1 aliphatic heterocycles. The second kappa shape index (κ2) is 5.71. The summed E-state index contributed by atoms with van der Waals surface area (Å²) in [6.07, 6.45) is 0. The molecule has 0 spiro atoms. The minimum Gasteiger partial charge on any atom is -0.325 e. The van der Waals surface area contributed by atoms with Crippen molar-refractivity contribution in [3.8, 4) is 0 Å². The molecular formula is C13H27N3O. The lowest BCUT2D eigenvalue weighted by Crippen LogP contribution is -2.49. The highest BCUT2D eigenvalue weighted by Gasteiger charge is 2.34. The van der Waals surface area contributed by atoms with Gasteiger partial charge in [0.15, 0.2) is 0 Å². The highest BCUT2D eigenvalue weighted by molar-refractivity contribution is 5.74. The maximum Gasteiger partial charge on any atom is 0.320 e. The molecule has 0 aromatic heterocycles. The van der Waals surface area contributed by atoms with Gasteiger partial charge in [-0.25, -0.2) is 4.79 Å². The average Bonchev–Trinajstić information content (AvgIpc) is 2.67. The van der Waals surface area contributed by atoms with Crippen molar-refractivity contribution < 1.29 is 4.79 Å². The third kappa shape index (κ3) is 3.12. The zero-order valence-corrected chi connectivity index (χ0v) is 12.1. The molecule has 0 bridgehead atoms. The van der Waals surface area contributed by atoms with E-state index in [9.17, 15) is 4.79 Å². The standard InChI is InChI=1S/C13H27N3O/c1-7-16-8-11(4)12(9-16)15(6)13(17)14(5)10(2)3/h10-12H,7-9H2,1-6H3. The molecule has 0 aromatic carbocycles. The Morgan fingerprint density at radius 1 is 1.35 bits per heavy atom. The topological polar surface area (TPSA) is 26.8 Å². The molecule has 0 aromatic rings. The van der Waals surface area contributed by atoms with Crippen LogP contribution in [-0.2, 0) is 0 Å². The summed E-state index contributed by atoms with van der Waals surface area (Å²) in [6, 6.07) is 0.738. The third-order valence-corrected chi connectivity index (χ3v) is 3.97. The van der Waals surface area contributed by atoms with Crippen molar-refractivity contribution in [3.05, 3.63) is 0 Å². The summed E-state index contributed by atoms with van der Waals surface area (Å²) in [5, 5.41) is 0. The number of likely N-dealkylation sites (tertiary alicyclic amines) is 1. The van der Waals surface area contributed by atoms with Crippen molar-refractivity contribution in [2.75, 3.05) is 33.7 Å². The summed E-state index contributed by atoms with van der Waals surface area (Å²) in [7, 11) is 3.81. The predicted molar refractivity (Wildman–Crippen MR) is 71.1 cm³/mol. The number of amides is 2. The molecule has 0 radical (unpaired) electrons. The quantitative estimate of drug-likeness (QED) is 0.752. The number of urea groups is 1. The van der Waals surface area contributed by atoms with Crippen LogP contribution in [0.5, 0.6) is 0 Å². The highest BCUT2D eigenvalue weighted by Crippen LogP contribution is 2.21. The first-order valence-electron chi connectivity index (χ1n) is 6.60. The maximum absolute atomic E-state index is 12.2. The normalized spacial score (nSPS) is 25.4. The van der Waals surface area contributed by atoms with E-state index in [2.05, 4.69) is 18.7 Å². The number of hydrogen-bond acceptors (Lipinski definition) is 2. The lowest BCUT2D eigenvalue weighted by molar-refractivity contribution is 0.139. The Labute approximate surface area is 106 Å². The monoisotopic (exact) mass is 241 g/mol. The largest absolute Gasteiger partial charge is 0.325 e. The molecule has 0 saturated carbocycles. The first-order chi connectivity index (χ1) is 7.88. The molecule has 1 saturated heterocycles. The molecule has 17 heavy (non-hydrogen) atoms. The van der Waals surface area contributed by atoms with Crippen molar-refractivity contribution >= 4 is 6.03 Å². The first-order valence-corrected chi connectivity index (χ1v) is 6.60. The van der Waals surface area contributed by atoms with Gasteiger partial charge in [0, 0.05) is 39.3 Å². The van der Waals surface area contributed by atoms with E-state index in [4.69, 9.17) is 0 Å². The fourth-order valence-electron chi connectivity index (χ4n) is 2.42. The molecule has 1 fully saturated rings. The summed E-state index contributed by atoms with van der Waals surface area (Å²) >= 11 is 0. The van der Waals surface area contributed by atoms with Gasteiger partial charge in [-0.1, -0.05) is 13.8 Å². The summed E-state index contributed by atoms with van der Waals surface area (Å²) in [4.78, 5) is 18.4. The Morgan fingerprint density at radius 2 is 1.94 bits per heavy atom. The van der Waals surface area contributed by atoms with Gasteiger partial charge in [-0.2, -0.15) is 0 Å². The van der Waals surface area contributed by atoms with E-state index in [0.29, 0.717) is 12.0 Å². The van der Waals surface area contributed by atoms with Gasteiger partial charge in [0.25, 0.3) is 0 Å². The molecular weight excluding hydrogens is 214 g/mol. The van der Waals surface area contributed by atoms with E-state index in [1.165, 1.54) is 0 Å². The van der Waals surface area contributed by atoms with E-state index in [-0.39, 0.29) is 12.1 Å². The molecule has 2 amide bonds. The zero-order valence-electron chi connectivity index (χ0n) is 12.1. The summed E-state index contributed by atoms with van der Waals surface area (Å²) in [5.41, 5.74) is 0. The van der Waals surface area contributed by atoms with Crippen LogP contribution in [0, 0.1) is 5.92 Å². The molecule has 2 atom stereocenters. The van der Waals surface area contributed by atoms with Crippen molar-refractivity contribution in [1.29, 1.82) is 0 Å². The van der Waals surface area contributed by atoms with Crippen molar-refractivity contribution in [3.63, 3.8) is 0 Å². The Hall–Kier alpha value is -0.770. The molecule has 100 valence electrons. The number of hydrogen-bond donors (Lipinski definition) is 0. The summed E-state index contributed by atoms with van der Waals surface area (Å²) < 4.78 is 0. The molecule has 4 heteroatoms. The van der Waals surface area contributed by atoms with Gasteiger partial charge >= 0.3 is 6.03 Å². The zero-order chi connectivity index (χ0) is 13.2. The van der Waals surface area contributed by atoms with Crippen molar-refractivity contribution in [2.24, 2.45) is 5.92 Å². The van der Waals surface area contributed by atoms with Gasteiger partial charge in [0.1, 0.15) is 0 Å². The van der Waals surface area contributed by atoms with Crippen LogP contribution in [-0.4, -0.2) is 66.5 Å². The molecule has 2 unspecified atom stereocenters. The molecule has 1 rings (SSSR count). The van der Waals surface area contributed by atoms with Crippen LogP contribution in [0.15, 0.2) is 0 Å². The van der Waals surface area contributed by atoms with Gasteiger partial charge in [-0.15, -0.1) is 0 Å². The van der Waals surface area contributed by atoms with Crippen LogP contribution >= 0.6 is 0 Å². The van der Waals surface area contributed by atoms with E-state index in [0.717, 1.165) is 19.6 Å². The van der Waals surface area contributed by atoms with Gasteiger partial charge in [0.2, 0.25) is 0 Å². The van der Waals surface area contributed by atoms with Crippen molar-refractivity contribution in [1.82, 2.24) is 14.7 Å². The molecule has 0 aliphatic carbocycles. The predicted octanol–water partition coefficient (Wildman–Crippen LogP) is 1.72. The fourth-order valence-corrected chi connectivity index (χ4v) is 2.42. The minimum absolute atomic E-state index is 0.134. The Balaban J connectivity index is 2.64. The van der Waals surface area contributed by atoms with Crippen LogP contribution in [0.3, 0.4) is 0 Å². The minimum atomic E-state index is 0.134. The van der Waals surface area contributed by atoms with Crippen LogP contribution in [0.25, 0.3) is 0 Å². The SMILES string of the molecule is CCN1CC(C)C(N(C)C(=O)N(C)C(C)C)C1. The lowest BCUT2D eigenvalue weighted by Gasteiger charge is -2.33. The number of carbonyl (C=O) groups excluding carboxylic acids is 1. The molecule has 4 nitrogen and oxygen atoms in total. The molecule has 1 aliphatic rings. The van der Waals surface area contributed by atoms with E-state index < -0.39 is 0 Å². The van der Waals surface area contributed by atoms with Crippen LogP contribution in [0.4, 0.5) is 4.79 Å². The highest BCUT2D eigenvalue weighted by atomic mass is 16.2. The van der Waals surface area contributed by atoms with E-state index in [1.54, 1.807) is 4.90 Å². The van der Waals surface area contributed by atoms with Crippen LogP contribution in [0.2, 0.25) is 0 Å². The van der Waals surface area contributed by atoms with Gasteiger partial charge in [-0.05, 0) is 26.3 Å². The second-order valence-corrected chi connectivity index (χ2v) is 5.49. The van der Waals surface area contributed by atoms with Gasteiger partial charge < -0.3 is 14.7 Å². The Bertz CT molecular complexity index is 267. The molecule has 1 heterocycles. The summed E-state index contributed by atoms with van der Waals surface area (Å²) in [6.45, 7) is 11.7. The van der Waals surface area contributed by atoms with Crippen LogP contribution in [0.1, 0.15) is 27.7 Å². The second-order valence-electron chi connectivity index (χ2n) is 5.49. The van der Waals surface area contributed by atoms with Crippen LogP contribution < -0.4 is 0 Å². The first kappa shape index (κ1) is 14.3. The smallest absolute Gasteiger partial charge is 0.320 e. The van der Waals surface area contributed by atoms with Gasteiger partial charge in [0.05, 0.1) is 0 Å². The number of rotatable bonds is 3. The maximum atomic E-state index is 12.2. The Kier molecular flexibility index (Phi) is 4.80. The number of nitrogens with zero attached hydrogens (tertiary/aromatic N) is 3. The number of likely N-dealkylation sites (N-methyl/N-ethyl adjacent to an activating group) is 2. The average molecular weight is 241 g/mol. The molecule has 0 N–H and O–H groups in total. The Morgan fingerprint density at radius 3 is 2.35 bits per heavy atom. The number of carbonyl (C=O) groups is 1. The van der Waals surface area contributed by atoms with Crippen molar-refractivity contribution in [2.45, 2.75) is 39.8 Å². The van der Waals surface area contributed by atoms with Gasteiger partial charge in [-0.3, -0.25) is 0 Å². The van der Waals surface area contributed by atoms with E-state index >= 15 is 0 Å². The lowest BCUT2D eigenvalue weighted by atomic mass is 10.1. The summed E-state index contributed by atoms with van der Waals surface area (Å²) in [5.74, 6) is 0.560. The third-order valence-electron chi connectivity index (χ3n) is 3.97. The van der Waals surface area contributed by atoms with E-state index in [1.807, 2.05) is 32.8 Å².